The standard InChI is InChI=1S/C16H17I/c1-10-4-6-12-13-7-5-11(17)9-15(13)16(2,3)14(12)8-10/h4-7,9-10H,8H2,1-3H3. The van der Waals surface area contributed by atoms with Gasteiger partial charge >= 0.3 is 0 Å². The van der Waals surface area contributed by atoms with Gasteiger partial charge in [0.1, 0.15) is 0 Å². The van der Waals surface area contributed by atoms with Crippen molar-refractivity contribution in [2.75, 3.05) is 0 Å². The van der Waals surface area contributed by atoms with Gasteiger partial charge in [-0.05, 0) is 63.8 Å². The van der Waals surface area contributed by atoms with Crippen LogP contribution in [0.25, 0.3) is 5.57 Å². The Morgan fingerprint density at radius 3 is 2.82 bits per heavy atom. The van der Waals surface area contributed by atoms with Gasteiger partial charge in [0.05, 0.1) is 0 Å². The second kappa shape index (κ2) is 3.71. The molecule has 0 bridgehead atoms. The van der Waals surface area contributed by atoms with Crippen LogP contribution in [0, 0.1) is 9.49 Å². The predicted molar refractivity (Wildman–Crippen MR) is 82.0 cm³/mol. The molecule has 1 aromatic carbocycles. The third-order valence-corrected chi connectivity index (χ3v) is 4.81. The molecule has 2 aliphatic rings. The molecule has 0 amide bonds. The molecular weight excluding hydrogens is 319 g/mol. The fourth-order valence-corrected chi connectivity index (χ4v) is 3.63. The molecule has 1 atom stereocenters. The highest BCUT2D eigenvalue weighted by Gasteiger charge is 2.38. The summed E-state index contributed by atoms with van der Waals surface area (Å²) in [7, 11) is 0. The summed E-state index contributed by atoms with van der Waals surface area (Å²) in [6.07, 6.45) is 5.90. The lowest BCUT2D eigenvalue weighted by atomic mass is 9.77. The van der Waals surface area contributed by atoms with E-state index in [0.29, 0.717) is 5.92 Å². The van der Waals surface area contributed by atoms with E-state index in [0.717, 1.165) is 0 Å². The van der Waals surface area contributed by atoms with Crippen LogP contribution in [0.4, 0.5) is 0 Å². The van der Waals surface area contributed by atoms with Crippen molar-refractivity contribution >= 4 is 28.2 Å². The number of hydrogen-bond acceptors (Lipinski definition) is 0. The Balaban J connectivity index is 2.23. The monoisotopic (exact) mass is 336 g/mol. The van der Waals surface area contributed by atoms with E-state index in [-0.39, 0.29) is 5.41 Å². The molecule has 0 radical (unpaired) electrons. The maximum absolute atomic E-state index is 2.41. The molecular formula is C16H17I. The first-order valence-corrected chi connectivity index (χ1v) is 7.30. The summed E-state index contributed by atoms with van der Waals surface area (Å²) < 4.78 is 1.34. The molecule has 1 heteroatoms. The highest BCUT2D eigenvalue weighted by atomic mass is 127. The quantitative estimate of drug-likeness (QED) is 0.589. The first kappa shape index (κ1) is 11.5. The fraction of sp³-hybridized carbons (Fsp3) is 0.375. The largest absolute Gasteiger partial charge is 0.0808 e. The summed E-state index contributed by atoms with van der Waals surface area (Å²) >= 11 is 2.41. The van der Waals surface area contributed by atoms with Crippen molar-refractivity contribution in [3.8, 4) is 0 Å². The van der Waals surface area contributed by atoms with Gasteiger partial charge in [0.25, 0.3) is 0 Å². The Hall–Kier alpha value is -0.570. The third kappa shape index (κ3) is 1.62. The number of rotatable bonds is 0. The third-order valence-electron chi connectivity index (χ3n) is 4.14. The average Bonchev–Trinajstić information content (AvgIpc) is 2.49. The van der Waals surface area contributed by atoms with Gasteiger partial charge in [-0.15, -0.1) is 0 Å². The van der Waals surface area contributed by atoms with Gasteiger partial charge in [-0.25, -0.2) is 0 Å². The molecule has 1 unspecified atom stereocenters. The Morgan fingerprint density at radius 1 is 1.29 bits per heavy atom. The van der Waals surface area contributed by atoms with Crippen molar-refractivity contribution in [3.05, 3.63) is 50.6 Å². The molecule has 0 aromatic heterocycles. The molecule has 0 N–H and O–H groups in total. The van der Waals surface area contributed by atoms with Gasteiger partial charge in [0.15, 0.2) is 0 Å². The van der Waals surface area contributed by atoms with Crippen molar-refractivity contribution in [1.29, 1.82) is 0 Å². The van der Waals surface area contributed by atoms with Crippen LogP contribution >= 0.6 is 22.6 Å². The first-order valence-electron chi connectivity index (χ1n) is 6.22. The molecule has 0 saturated carbocycles. The smallest absolute Gasteiger partial charge is 0.0133 e. The summed E-state index contributed by atoms with van der Waals surface area (Å²) in [5.74, 6) is 0.682. The van der Waals surface area contributed by atoms with Crippen LogP contribution in [0.1, 0.15) is 38.3 Å². The molecule has 3 rings (SSSR count). The van der Waals surface area contributed by atoms with Gasteiger partial charge in [0, 0.05) is 8.99 Å². The van der Waals surface area contributed by atoms with Crippen LogP contribution < -0.4 is 0 Å². The molecule has 1 aromatic rings. The van der Waals surface area contributed by atoms with Gasteiger partial charge in [0.2, 0.25) is 0 Å². The zero-order valence-corrected chi connectivity index (χ0v) is 12.7. The Labute approximate surface area is 117 Å². The second-order valence-corrected chi connectivity index (χ2v) is 6.99. The van der Waals surface area contributed by atoms with Crippen molar-refractivity contribution in [1.82, 2.24) is 0 Å². The SMILES string of the molecule is CC1C=CC2=C(C1)C(C)(C)c1cc(I)ccc12. The van der Waals surface area contributed by atoms with Crippen molar-refractivity contribution in [3.63, 3.8) is 0 Å². The Bertz CT molecular complexity index is 547. The van der Waals surface area contributed by atoms with E-state index < -0.39 is 0 Å². The molecule has 2 aliphatic carbocycles. The van der Waals surface area contributed by atoms with E-state index in [1.165, 1.54) is 26.7 Å². The molecule has 0 heterocycles. The van der Waals surface area contributed by atoms with E-state index >= 15 is 0 Å². The maximum Gasteiger partial charge on any atom is 0.0133 e. The number of allylic oxidation sites excluding steroid dienone is 4. The van der Waals surface area contributed by atoms with E-state index in [4.69, 9.17) is 0 Å². The molecule has 0 fully saturated rings. The zero-order chi connectivity index (χ0) is 12.2. The number of halogens is 1. The Kier molecular flexibility index (Phi) is 2.51. The van der Waals surface area contributed by atoms with Crippen molar-refractivity contribution in [2.24, 2.45) is 5.92 Å². The lowest BCUT2D eigenvalue weighted by molar-refractivity contribution is 0.565. The molecule has 0 spiro atoms. The Morgan fingerprint density at radius 2 is 2.06 bits per heavy atom. The fourth-order valence-electron chi connectivity index (χ4n) is 3.14. The lowest BCUT2D eigenvalue weighted by Crippen LogP contribution is -2.19. The highest BCUT2D eigenvalue weighted by molar-refractivity contribution is 14.1. The van der Waals surface area contributed by atoms with Gasteiger partial charge in [-0.1, -0.05) is 44.6 Å². The molecule has 17 heavy (non-hydrogen) atoms. The molecule has 0 aliphatic heterocycles. The normalized spacial score (nSPS) is 24.8. The molecule has 88 valence electrons. The van der Waals surface area contributed by atoms with Crippen LogP contribution in [0.3, 0.4) is 0 Å². The summed E-state index contributed by atoms with van der Waals surface area (Å²) in [6, 6.07) is 6.87. The van der Waals surface area contributed by atoms with E-state index in [9.17, 15) is 0 Å². The maximum atomic E-state index is 2.41. The number of fused-ring (bicyclic) bond motifs is 2. The zero-order valence-electron chi connectivity index (χ0n) is 10.5. The topological polar surface area (TPSA) is 0 Å². The van der Waals surface area contributed by atoms with E-state index in [1.54, 1.807) is 5.57 Å². The number of benzene rings is 1. The summed E-state index contributed by atoms with van der Waals surface area (Å²) in [6.45, 7) is 7.05. The van der Waals surface area contributed by atoms with Crippen molar-refractivity contribution < 1.29 is 0 Å². The van der Waals surface area contributed by atoms with Crippen molar-refractivity contribution in [2.45, 2.75) is 32.6 Å². The highest BCUT2D eigenvalue weighted by Crippen LogP contribution is 2.50. The minimum Gasteiger partial charge on any atom is -0.0808 e. The van der Waals surface area contributed by atoms with Crippen LogP contribution in [-0.2, 0) is 5.41 Å². The lowest BCUT2D eigenvalue weighted by Gasteiger charge is -2.27. The van der Waals surface area contributed by atoms with Gasteiger partial charge < -0.3 is 0 Å². The summed E-state index contributed by atoms with van der Waals surface area (Å²) in [5.41, 5.74) is 6.29. The minimum absolute atomic E-state index is 0.213. The van der Waals surface area contributed by atoms with Crippen LogP contribution in [0.15, 0.2) is 35.9 Å². The van der Waals surface area contributed by atoms with Crippen LogP contribution in [0.5, 0.6) is 0 Å². The van der Waals surface area contributed by atoms with Crippen LogP contribution in [0.2, 0.25) is 0 Å². The predicted octanol–water partition coefficient (Wildman–Crippen LogP) is 4.93. The number of hydrogen-bond donors (Lipinski definition) is 0. The second-order valence-electron chi connectivity index (χ2n) is 5.75. The molecule has 0 nitrogen and oxygen atoms in total. The van der Waals surface area contributed by atoms with E-state index in [1.807, 2.05) is 0 Å². The van der Waals surface area contributed by atoms with E-state index in [2.05, 4.69) is 73.7 Å². The summed E-state index contributed by atoms with van der Waals surface area (Å²) in [5, 5.41) is 0. The minimum atomic E-state index is 0.213. The average molecular weight is 336 g/mol. The molecule has 0 saturated heterocycles. The van der Waals surface area contributed by atoms with Gasteiger partial charge in [-0.2, -0.15) is 0 Å². The summed E-state index contributed by atoms with van der Waals surface area (Å²) in [4.78, 5) is 0. The van der Waals surface area contributed by atoms with Crippen LogP contribution in [-0.4, -0.2) is 0 Å². The van der Waals surface area contributed by atoms with Gasteiger partial charge in [-0.3, -0.25) is 0 Å². The first-order chi connectivity index (χ1) is 8.00.